The third-order valence-corrected chi connectivity index (χ3v) is 5.74. The lowest BCUT2D eigenvalue weighted by Crippen LogP contribution is -2.48. The van der Waals surface area contributed by atoms with Gasteiger partial charge in [0.05, 0.1) is 4.88 Å². The number of nitrogens with one attached hydrogen (secondary N) is 3. The average Bonchev–Trinajstić information content (AvgIpc) is 3.22. The van der Waals surface area contributed by atoms with Gasteiger partial charge < -0.3 is 16.0 Å². The molecule has 1 aliphatic rings. The van der Waals surface area contributed by atoms with E-state index in [4.69, 9.17) is 12.2 Å². The lowest BCUT2D eigenvalue weighted by atomic mass is 10.0. The average molecular weight is 403 g/mol. The van der Waals surface area contributed by atoms with E-state index in [9.17, 15) is 4.79 Å². The Morgan fingerprint density at radius 3 is 2.52 bits per heavy atom. The van der Waals surface area contributed by atoms with Crippen LogP contribution in [-0.2, 0) is 6.54 Å². The van der Waals surface area contributed by atoms with E-state index in [0.717, 1.165) is 37.4 Å². The van der Waals surface area contributed by atoms with Crippen molar-refractivity contribution in [3.05, 3.63) is 58.3 Å². The molecule has 27 heavy (non-hydrogen) atoms. The predicted octanol–water partition coefficient (Wildman–Crippen LogP) is 2.61. The van der Waals surface area contributed by atoms with Crippen molar-refractivity contribution < 1.29 is 4.79 Å². The number of amides is 1. The summed E-state index contributed by atoms with van der Waals surface area (Å²) < 4.78 is 0. The third kappa shape index (κ3) is 6.61. The largest absolute Gasteiger partial charge is 0.361 e. The van der Waals surface area contributed by atoms with Crippen LogP contribution in [0.4, 0.5) is 0 Å². The quantitative estimate of drug-likeness (QED) is 0.491. The number of thiophene rings is 1. The highest BCUT2D eigenvalue weighted by molar-refractivity contribution is 7.80. The standard InChI is InChI=1S/C20H26N4OS2/c25-19(18-7-4-14-27-18)21-10-11-22-20(26)23-17-8-12-24(13-9-17)15-16-5-2-1-3-6-16/h1-7,14,17H,8-13,15H2,(H,21,25)(H2,22,23,26). The number of thiocarbonyl (C=S) groups is 1. The summed E-state index contributed by atoms with van der Waals surface area (Å²) in [7, 11) is 0. The number of hydrogen-bond acceptors (Lipinski definition) is 4. The first kappa shape index (κ1) is 19.8. The van der Waals surface area contributed by atoms with Crippen molar-refractivity contribution in [2.75, 3.05) is 26.2 Å². The van der Waals surface area contributed by atoms with Gasteiger partial charge in [0.15, 0.2) is 5.11 Å². The van der Waals surface area contributed by atoms with Crippen molar-refractivity contribution in [2.24, 2.45) is 0 Å². The Balaban J connectivity index is 1.27. The zero-order chi connectivity index (χ0) is 18.9. The fourth-order valence-corrected chi connectivity index (χ4v) is 4.07. The van der Waals surface area contributed by atoms with E-state index >= 15 is 0 Å². The Morgan fingerprint density at radius 1 is 1.07 bits per heavy atom. The molecule has 0 aliphatic carbocycles. The first-order chi connectivity index (χ1) is 13.2. The normalized spacial score (nSPS) is 15.3. The molecule has 2 heterocycles. The molecule has 1 amide bonds. The highest BCUT2D eigenvalue weighted by Gasteiger charge is 2.19. The molecule has 0 bridgehead atoms. The van der Waals surface area contributed by atoms with Gasteiger partial charge in [-0.05, 0) is 42.1 Å². The summed E-state index contributed by atoms with van der Waals surface area (Å²) in [5.41, 5.74) is 1.37. The molecule has 3 rings (SSSR count). The fourth-order valence-electron chi connectivity index (χ4n) is 3.16. The van der Waals surface area contributed by atoms with Gasteiger partial charge in [-0.1, -0.05) is 36.4 Å². The summed E-state index contributed by atoms with van der Waals surface area (Å²) in [4.78, 5) is 15.1. The minimum atomic E-state index is -0.0311. The lowest BCUT2D eigenvalue weighted by molar-refractivity contribution is 0.0958. The first-order valence-corrected chi connectivity index (χ1v) is 10.6. The second-order valence-corrected chi connectivity index (χ2v) is 8.03. The van der Waals surface area contributed by atoms with Gasteiger partial charge >= 0.3 is 0 Å². The van der Waals surface area contributed by atoms with Crippen LogP contribution in [0.2, 0.25) is 0 Å². The molecule has 5 nitrogen and oxygen atoms in total. The van der Waals surface area contributed by atoms with Crippen LogP contribution in [0.1, 0.15) is 28.1 Å². The number of nitrogens with zero attached hydrogens (tertiary/aromatic N) is 1. The van der Waals surface area contributed by atoms with Crippen molar-refractivity contribution in [2.45, 2.75) is 25.4 Å². The maximum Gasteiger partial charge on any atom is 0.261 e. The van der Waals surface area contributed by atoms with Gasteiger partial charge in [-0.15, -0.1) is 11.3 Å². The minimum Gasteiger partial charge on any atom is -0.361 e. The summed E-state index contributed by atoms with van der Waals surface area (Å²) in [6, 6.07) is 14.7. The number of carbonyl (C=O) groups is 1. The third-order valence-electron chi connectivity index (χ3n) is 4.61. The Morgan fingerprint density at radius 2 is 1.81 bits per heavy atom. The van der Waals surface area contributed by atoms with Crippen LogP contribution < -0.4 is 16.0 Å². The van der Waals surface area contributed by atoms with Gasteiger partial charge in [0.2, 0.25) is 0 Å². The van der Waals surface area contributed by atoms with Gasteiger partial charge in [-0.25, -0.2) is 0 Å². The molecule has 0 saturated carbocycles. The van der Waals surface area contributed by atoms with Crippen LogP contribution in [0, 0.1) is 0 Å². The van der Waals surface area contributed by atoms with Crippen LogP contribution in [0.5, 0.6) is 0 Å². The SMILES string of the molecule is O=C(NCCNC(=S)NC1CCN(Cc2ccccc2)CC1)c1cccs1. The summed E-state index contributed by atoms with van der Waals surface area (Å²) in [5.74, 6) is -0.0311. The van der Waals surface area contributed by atoms with E-state index in [0.29, 0.717) is 24.2 Å². The Bertz CT molecular complexity index is 713. The molecule has 0 unspecified atom stereocenters. The molecule has 1 saturated heterocycles. The molecule has 0 atom stereocenters. The number of hydrogen-bond donors (Lipinski definition) is 3. The number of rotatable bonds is 7. The summed E-state index contributed by atoms with van der Waals surface area (Å²) in [6.07, 6.45) is 2.17. The molecule has 1 aromatic carbocycles. The summed E-state index contributed by atoms with van der Waals surface area (Å²) in [5, 5.41) is 12.0. The summed E-state index contributed by atoms with van der Waals surface area (Å²) in [6.45, 7) is 4.34. The monoisotopic (exact) mass is 402 g/mol. The number of benzene rings is 1. The Hall–Kier alpha value is -1.96. The van der Waals surface area contributed by atoms with Crippen molar-refractivity contribution in [1.29, 1.82) is 0 Å². The van der Waals surface area contributed by atoms with Gasteiger partial charge in [0.25, 0.3) is 5.91 Å². The smallest absolute Gasteiger partial charge is 0.261 e. The van der Waals surface area contributed by atoms with Gasteiger partial charge in [-0.3, -0.25) is 9.69 Å². The predicted molar refractivity (Wildman–Crippen MR) is 115 cm³/mol. The lowest BCUT2D eigenvalue weighted by Gasteiger charge is -2.33. The number of likely N-dealkylation sites (tertiary alicyclic amines) is 1. The zero-order valence-electron chi connectivity index (χ0n) is 15.3. The van der Waals surface area contributed by atoms with Gasteiger partial charge in [-0.2, -0.15) is 0 Å². The molecular weight excluding hydrogens is 376 g/mol. The van der Waals surface area contributed by atoms with Crippen molar-refractivity contribution in [3.8, 4) is 0 Å². The highest BCUT2D eigenvalue weighted by atomic mass is 32.1. The second-order valence-electron chi connectivity index (χ2n) is 6.67. The van der Waals surface area contributed by atoms with E-state index in [-0.39, 0.29) is 5.91 Å². The van der Waals surface area contributed by atoms with Crippen molar-refractivity contribution in [3.63, 3.8) is 0 Å². The highest BCUT2D eigenvalue weighted by Crippen LogP contribution is 2.13. The summed E-state index contributed by atoms with van der Waals surface area (Å²) >= 11 is 6.83. The fraction of sp³-hybridized carbons (Fsp3) is 0.400. The Kier molecular flexibility index (Phi) is 7.62. The molecule has 1 aliphatic heterocycles. The van der Waals surface area contributed by atoms with Gasteiger partial charge in [0.1, 0.15) is 0 Å². The zero-order valence-corrected chi connectivity index (χ0v) is 17.0. The molecular formula is C20H26N4OS2. The Labute approximate surface area is 170 Å². The second kappa shape index (κ2) is 10.4. The van der Waals surface area contributed by atoms with Gasteiger partial charge in [0, 0.05) is 38.8 Å². The minimum absolute atomic E-state index is 0.0311. The molecule has 7 heteroatoms. The van der Waals surface area contributed by atoms with E-state index in [1.807, 2.05) is 17.5 Å². The van der Waals surface area contributed by atoms with E-state index < -0.39 is 0 Å². The van der Waals surface area contributed by atoms with Crippen LogP contribution in [0.3, 0.4) is 0 Å². The van der Waals surface area contributed by atoms with E-state index in [2.05, 4.69) is 51.2 Å². The van der Waals surface area contributed by atoms with Crippen LogP contribution in [-0.4, -0.2) is 48.1 Å². The van der Waals surface area contributed by atoms with Crippen LogP contribution >= 0.6 is 23.6 Å². The number of carbonyl (C=O) groups excluding carboxylic acids is 1. The topological polar surface area (TPSA) is 56.4 Å². The maximum absolute atomic E-state index is 11.8. The molecule has 144 valence electrons. The molecule has 1 aromatic heterocycles. The van der Waals surface area contributed by atoms with Crippen molar-refractivity contribution in [1.82, 2.24) is 20.9 Å². The van der Waals surface area contributed by atoms with Crippen LogP contribution in [0.25, 0.3) is 0 Å². The first-order valence-electron chi connectivity index (χ1n) is 9.33. The van der Waals surface area contributed by atoms with Crippen LogP contribution in [0.15, 0.2) is 47.8 Å². The van der Waals surface area contributed by atoms with E-state index in [1.165, 1.54) is 16.9 Å². The van der Waals surface area contributed by atoms with Crippen molar-refractivity contribution >= 4 is 34.6 Å². The molecule has 0 spiro atoms. The maximum atomic E-state index is 11.8. The molecule has 3 N–H and O–H groups in total. The van der Waals surface area contributed by atoms with E-state index in [1.54, 1.807) is 0 Å². The molecule has 2 aromatic rings. The molecule has 1 fully saturated rings. The number of piperidine rings is 1. The molecule has 0 radical (unpaired) electrons.